The molecule has 0 saturated heterocycles. The number of carbonyl (C=O) groups excluding carboxylic acids is 1. The minimum Gasteiger partial charge on any atom is -0.298 e. The first-order valence-electron chi connectivity index (χ1n) is 6.41. The van der Waals surface area contributed by atoms with E-state index in [1.54, 1.807) is 24.3 Å². The lowest BCUT2D eigenvalue weighted by molar-refractivity contribution is 0.112. The van der Waals surface area contributed by atoms with Gasteiger partial charge in [0.25, 0.3) is 0 Å². The SMILES string of the molecule is Cc1c(Cl)ccc2c(C=O)cc(-c3ccc(Cl)cc3)nc12. The first-order valence-corrected chi connectivity index (χ1v) is 7.16. The van der Waals surface area contributed by atoms with Gasteiger partial charge in [0.15, 0.2) is 6.29 Å². The third-order valence-corrected chi connectivity index (χ3v) is 4.13. The summed E-state index contributed by atoms with van der Waals surface area (Å²) in [6.07, 6.45) is 0.844. The molecule has 0 aliphatic carbocycles. The molecular weight excluding hydrogens is 305 g/mol. The molecule has 3 rings (SSSR count). The van der Waals surface area contributed by atoms with Crippen molar-refractivity contribution in [1.82, 2.24) is 4.98 Å². The molecule has 3 aromatic rings. The van der Waals surface area contributed by atoms with E-state index in [2.05, 4.69) is 4.98 Å². The van der Waals surface area contributed by atoms with Gasteiger partial charge in [0.05, 0.1) is 11.2 Å². The van der Waals surface area contributed by atoms with E-state index < -0.39 is 0 Å². The molecule has 0 spiro atoms. The monoisotopic (exact) mass is 315 g/mol. The second-order valence-corrected chi connectivity index (χ2v) is 5.63. The number of aryl methyl sites for hydroxylation is 1. The van der Waals surface area contributed by atoms with E-state index in [1.165, 1.54) is 0 Å². The van der Waals surface area contributed by atoms with Crippen molar-refractivity contribution in [3.05, 3.63) is 63.6 Å². The Labute approximate surface area is 132 Å². The van der Waals surface area contributed by atoms with Crippen LogP contribution in [0.1, 0.15) is 15.9 Å². The van der Waals surface area contributed by atoms with Gasteiger partial charge < -0.3 is 0 Å². The van der Waals surface area contributed by atoms with Crippen molar-refractivity contribution in [3.8, 4) is 11.3 Å². The highest BCUT2D eigenvalue weighted by Crippen LogP contribution is 2.29. The first-order chi connectivity index (χ1) is 10.1. The van der Waals surface area contributed by atoms with Crippen LogP contribution < -0.4 is 0 Å². The van der Waals surface area contributed by atoms with Crippen LogP contribution in [0, 0.1) is 6.92 Å². The molecule has 0 aliphatic heterocycles. The molecule has 0 unspecified atom stereocenters. The third-order valence-electron chi connectivity index (χ3n) is 3.47. The van der Waals surface area contributed by atoms with Gasteiger partial charge in [-0.05, 0) is 36.8 Å². The zero-order chi connectivity index (χ0) is 15.0. The molecule has 4 heteroatoms. The van der Waals surface area contributed by atoms with E-state index in [-0.39, 0.29) is 0 Å². The topological polar surface area (TPSA) is 30.0 Å². The molecule has 0 saturated carbocycles. The van der Waals surface area contributed by atoms with Gasteiger partial charge in [0.2, 0.25) is 0 Å². The number of carbonyl (C=O) groups is 1. The molecule has 0 N–H and O–H groups in total. The highest BCUT2D eigenvalue weighted by atomic mass is 35.5. The standard InChI is InChI=1S/C17H11Cl2NO/c1-10-15(19)7-6-14-12(9-21)8-16(20-17(10)14)11-2-4-13(18)5-3-11/h2-9H,1H3. The molecule has 1 heterocycles. The van der Waals surface area contributed by atoms with Crippen molar-refractivity contribution in [2.45, 2.75) is 6.92 Å². The van der Waals surface area contributed by atoms with Crippen LogP contribution in [-0.2, 0) is 0 Å². The van der Waals surface area contributed by atoms with E-state index in [0.29, 0.717) is 15.6 Å². The number of hydrogen-bond donors (Lipinski definition) is 0. The van der Waals surface area contributed by atoms with E-state index in [1.807, 2.05) is 25.1 Å². The lowest BCUT2D eigenvalue weighted by Crippen LogP contribution is -1.94. The molecule has 0 amide bonds. The van der Waals surface area contributed by atoms with Crippen LogP contribution in [0.3, 0.4) is 0 Å². The number of rotatable bonds is 2. The van der Waals surface area contributed by atoms with E-state index >= 15 is 0 Å². The molecule has 0 atom stereocenters. The summed E-state index contributed by atoms with van der Waals surface area (Å²) >= 11 is 12.1. The van der Waals surface area contributed by atoms with Gasteiger partial charge in [-0.2, -0.15) is 0 Å². The lowest BCUT2D eigenvalue weighted by Gasteiger charge is -2.09. The van der Waals surface area contributed by atoms with Crippen LogP contribution in [-0.4, -0.2) is 11.3 Å². The van der Waals surface area contributed by atoms with Crippen molar-refractivity contribution < 1.29 is 4.79 Å². The maximum Gasteiger partial charge on any atom is 0.150 e. The number of fused-ring (bicyclic) bond motifs is 1. The van der Waals surface area contributed by atoms with Gasteiger partial charge in [0, 0.05) is 26.6 Å². The maximum atomic E-state index is 11.4. The summed E-state index contributed by atoms with van der Waals surface area (Å²) in [5.41, 5.74) is 3.85. The molecule has 0 radical (unpaired) electrons. The average Bonchev–Trinajstić information content (AvgIpc) is 2.51. The molecule has 0 fully saturated rings. The largest absolute Gasteiger partial charge is 0.298 e. The van der Waals surface area contributed by atoms with Crippen LogP contribution >= 0.6 is 23.2 Å². The van der Waals surface area contributed by atoms with Crippen LogP contribution in [0.2, 0.25) is 10.0 Å². The Hall–Kier alpha value is -1.90. The minimum atomic E-state index is 0.602. The fourth-order valence-corrected chi connectivity index (χ4v) is 2.57. The number of aromatic nitrogens is 1. The Morgan fingerprint density at radius 1 is 1.05 bits per heavy atom. The Bertz CT molecular complexity index is 842. The number of hydrogen-bond acceptors (Lipinski definition) is 2. The summed E-state index contributed by atoms with van der Waals surface area (Å²) in [6.45, 7) is 1.90. The maximum absolute atomic E-state index is 11.4. The van der Waals surface area contributed by atoms with Gasteiger partial charge >= 0.3 is 0 Å². The Morgan fingerprint density at radius 3 is 2.43 bits per heavy atom. The van der Waals surface area contributed by atoms with E-state index in [4.69, 9.17) is 23.2 Å². The summed E-state index contributed by atoms with van der Waals surface area (Å²) in [5, 5.41) is 2.11. The van der Waals surface area contributed by atoms with Crippen molar-refractivity contribution in [2.24, 2.45) is 0 Å². The fraction of sp³-hybridized carbons (Fsp3) is 0.0588. The van der Waals surface area contributed by atoms with Gasteiger partial charge in [-0.15, -0.1) is 0 Å². The average molecular weight is 316 g/mol. The van der Waals surface area contributed by atoms with Gasteiger partial charge in [0.1, 0.15) is 0 Å². The molecule has 2 aromatic carbocycles. The zero-order valence-electron chi connectivity index (χ0n) is 11.2. The highest BCUT2D eigenvalue weighted by Gasteiger charge is 2.10. The Balaban J connectivity index is 2.32. The molecular formula is C17H11Cl2NO. The van der Waals surface area contributed by atoms with Crippen LogP contribution in [0.5, 0.6) is 0 Å². The van der Waals surface area contributed by atoms with Gasteiger partial charge in [-0.3, -0.25) is 4.79 Å². The number of halogens is 2. The Morgan fingerprint density at radius 2 is 1.76 bits per heavy atom. The van der Waals surface area contributed by atoms with E-state index in [9.17, 15) is 4.79 Å². The number of nitrogens with zero attached hydrogens (tertiary/aromatic N) is 1. The quantitative estimate of drug-likeness (QED) is 0.598. The summed E-state index contributed by atoms with van der Waals surface area (Å²) < 4.78 is 0. The predicted octanol–water partition coefficient (Wildman–Crippen LogP) is 5.33. The van der Waals surface area contributed by atoms with Crippen molar-refractivity contribution in [3.63, 3.8) is 0 Å². The molecule has 1 aromatic heterocycles. The molecule has 0 aliphatic rings. The van der Waals surface area contributed by atoms with Crippen LogP contribution in [0.4, 0.5) is 0 Å². The number of pyridine rings is 1. The third kappa shape index (κ3) is 2.53. The van der Waals surface area contributed by atoms with Crippen molar-refractivity contribution in [2.75, 3.05) is 0 Å². The Kier molecular flexibility index (Phi) is 3.66. The normalized spacial score (nSPS) is 10.8. The van der Waals surface area contributed by atoms with Crippen molar-refractivity contribution >= 4 is 40.4 Å². The second-order valence-electron chi connectivity index (χ2n) is 4.79. The minimum absolute atomic E-state index is 0.602. The summed E-state index contributed by atoms with van der Waals surface area (Å²) in [6, 6.07) is 12.8. The molecule has 21 heavy (non-hydrogen) atoms. The summed E-state index contributed by atoms with van der Waals surface area (Å²) in [7, 11) is 0. The van der Waals surface area contributed by atoms with Gasteiger partial charge in [-0.25, -0.2) is 4.98 Å². The number of benzene rings is 2. The predicted molar refractivity (Wildman–Crippen MR) is 87.3 cm³/mol. The first kappa shape index (κ1) is 14.1. The number of aldehydes is 1. The van der Waals surface area contributed by atoms with E-state index in [0.717, 1.165) is 34.0 Å². The zero-order valence-corrected chi connectivity index (χ0v) is 12.7. The highest BCUT2D eigenvalue weighted by molar-refractivity contribution is 6.32. The smallest absolute Gasteiger partial charge is 0.150 e. The molecule has 0 bridgehead atoms. The lowest BCUT2D eigenvalue weighted by atomic mass is 10.0. The summed E-state index contributed by atoms with van der Waals surface area (Å²) in [4.78, 5) is 16.0. The fourth-order valence-electron chi connectivity index (χ4n) is 2.30. The van der Waals surface area contributed by atoms with Gasteiger partial charge in [-0.1, -0.05) is 41.4 Å². The molecule has 104 valence electrons. The van der Waals surface area contributed by atoms with Crippen LogP contribution in [0.15, 0.2) is 42.5 Å². The van der Waals surface area contributed by atoms with Crippen molar-refractivity contribution in [1.29, 1.82) is 0 Å². The summed E-state index contributed by atoms with van der Waals surface area (Å²) in [5.74, 6) is 0. The van der Waals surface area contributed by atoms with Crippen LogP contribution in [0.25, 0.3) is 22.2 Å². The second kappa shape index (κ2) is 5.47. The molecule has 2 nitrogen and oxygen atoms in total.